The highest BCUT2D eigenvalue weighted by atomic mass is 19.4. The summed E-state index contributed by atoms with van der Waals surface area (Å²) in [6.07, 6.45) is -3.42. The van der Waals surface area contributed by atoms with Gasteiger partial charge in [-0.2, -0.15) is 10.3 Å². The molecule has 0 saturated carbocycles. The van der Waals surface area contributed by atoms with E-state index in [0.717, 1.165) is 0 Å². The number of hydrogen-bond donors (Lipinski definition) is 3. The van der Waals surface area contributed by atoms with Crippen molar-refractivity contribution in [2.75, 3.05) is 11.5 Å². The minimum Gasteiger partial charge on any atom is -0.486 e. The topological polar surface area (TPSA) is 138 Å². The molecule has 154 valence electrons. The summed E-state index contributed by atoms with van der Waals surface area (Å²) >= 11 is 0. The number of nitrogen functional groups attached to an aromatic ring is 2. The Morgan fingerprint density at radius 2 is 1.73 bits per heavy atom. The van der Waals surface area contributed by atoms with Gasteiger partial charge in [-0.1, -0.05) is 12.1 Å². The molecule has 0 fully saturated rings. The molecule has 0 spiro atoms. The van der Waals surface area contributed by atoms with Crippen LogP contribution in [0.5, 0.6) is 11.5 Å². The third kappa shape index (κ3) is 4.16. The first-order valence-corrected chi connectivity index (χ1v) is 8.49. The Kier molecular flexibility index (Phi) is 4.74. The maximum atomic E-state index is 13.0. The lowest BCUT2D eigenvalue weighted by molar-refractivity contribution is -0.275. The highest BCUT2D eigenvalue weighted by Gasteiger charge is 2.32. The minimum atomic E-state index is -4.88. The van der Waals surface area contributed by atoms with E-state index in [0.29, 0.717) is 22.5 Å². The lowest BCUT2D eigenvalue weighted by Crippen LogP contribution is -2.18. The van der Waals surface area contributed by atoms with E-state index in [-0.39, 0.29) is 29.4 Å². The standard InChI is InChI=1S/C18H14F3N7O2/c19-18(20,21)30-12-5-9(10-3-4-14(22)24-7-10)1-2-11(12)8-29-13-6-15(23)25-17-16(13)26-28-27-17/h1-7H,8H2,(H2,22,24)(H3,23,25,26,27,28). The third-order valence-corrected chi connectivity index (χ3v) is 4.07. The largest absolute Gasteiger partial charge is 0.573 e. The molecule has 0 aliphatic heterocycles. The van der Waals surface area contributed by atoms with Gasteiger partial charge in [-0.15, -0.1) is 18.3 Å². The molecular weight excluding hydrogens is 403 g/mol. The number of aromatic amines is 1. The van der Waals surface area contributed by atoms with Crippen LogP contribution in [-0.2, 0) is 6.61 Å². The number of pyridine rings is 2. The normalized spacial score (nSPS) is 11.6. The third-order valence-electron chi connectivity index (χ3n) is 4.07. The fourth-order valence-electron chi connectivity index (χ4n) is 2.74. The molecule has 1 aromatic carbocycles. The second-order valence-electron chi connectivity index (χ2n) is 6.17. The van der Waals surface area contributed by atoms with Crippen LogP contribution in [0.2, 0.25) is 0 Å². The van der Waals surface area contributed by atoms with Crippen LogP contribution >= 0.6 is 0 Å². The quantitative estimate of drug-likeness (QED) is 0.450. The number of hydrogen-bond acceptors (Lipinski definition) is 8. The minimum absolute atomic E-state index is 0.129. The van der Waals surface area contributed by atoms with Crippen LogP contribution in [0, 0.1) is 0 Å². The lowest BCUT2D eigenvalue weighted by Gasteiger charge is -2.15. The summed E-state index contributed by atoms with van der Waals surface area (Å²) in [7, 11) is 0. The Labute approximate surface area is 166 Å². The Balaban J connectivity index is 1.66. The summed E-state index contributed by atoms with van der Waals surface area (Å²) in [6.45, 7) is -0.239. The molecule has 0 amide bonds. The summed E-state index contributed by atoms with van der Waals surface area (Å²) in [4.78, 5) is 7.92. The SMILES string of the molecule is Nc1ccc(-c2ccc(COc3cc(N)nc4n[nH]nc34)c(OC(F)(F)F)c2)cn1. The number of anilines is 2. The summed E-state index contributed by atoms with van der Waals surface area (Å²) < 4.78 is 48.7. The first-order chi connectivity index (χ1) is 14.3. The van der Waals surface area contributed by atoms with Gasteiger partial charge in [0.05, 0.1) is 0 Å². The van der Waals surface area contributed by atoms with E-state index in [1.165, 1.54) is 24.4 Å². The van der Waals surface area contributed by atoms with Crippen molar-refractivity contribution in [1.29, 1.82) is 0 Å². The van der Waals surface area contributed by atoms with Gasteiger partial charge in [-0.25, -0.2) is 9.97 Å². The lowest BCUT2D eigenvalue weighted by atomic mass is 10.0. The summed E-state index contributed by atoms with van der Waals surface area (Å²) in [5, 5.41) is 10.1. The number of rotatable bonds is 5. The first-order valence-electron chi connectivity index (χ1n) is 8.49. The Morgan fingerprint density at radius 3 is 2.47 bits per heavy atom. The predicted octanol–water partition coefficient (Wildman–Crippen LogP) is 3.06. The van der Waals surface area contributed by atoms with E-state index in [4.69, 9.17) is 16.2 Å². The van der Waals surface area contributed by atoms with E-state index >= 15 is 0 Å². The number of benzene rings is 1. The molecule has 12 heteroatoms. The van der Waals surface area contributed by atoms with Gasteiger partial charge in [0.1, 0.15) is 24.0 Å². The highest BCUT2D eigenvalue weighted by Crippen LogP contribution is 2.33. The van der Waals surface area contributed by atoms with E-state index in [9.17, 15) is 13.2 Å². The second kappa shape index (κ2) is 7.39. The van der Waals surface area contributed by atoms with Gasteiger partial charge >= 0.3 is 6.36 Å². The first kappa shape index (κ1) is 19.2. The van der Waals surface area contributed by atoms with Crippen LogP contribution in [0.1, 0.15) is 5.56 Å². The van der Waals surface area contributed by atoms with Gasteiger partial charge < -0.3 is 20.9 Å². The molecule has 30 heavy (non-hydrogen) atoms. The van der Waals surface area contributed by atoms with E-state index < -0.39 is 12.1 Å². The van der Waals surface area contributed by atoms with Crippen molar-refractivity contribution in [2.45, 2.75) is 13.0 Å². The Morgan fingerprint density at radius 1 is 0.933 bits per heavy atom. The zero-order chi connectivity index (χ0) is 21.3. The fraction of sp³-hybridized carbons (Fsp3) is 0.111. The van der Waals surface area contributed by atoms with Gasteiger partial charge in [0.25, 0.3) is 0 Å². The van der Waals surface area contributed by atoms with Crippen molar-refractivity contribution in [3.05, 3.63) is 48.2 Å². The predicted molar refractivity (Wildman–Crippen MR) is 101 cm³/mol. The number of ether oxygens (including phenoxy) is 2. The van der Waals surface area contributed by atoms with Crippen molar-refractivity contribution in [1.82, 2.24) is 25.4 Å². The maximum Gasteiger partial charge on any atom is 0.573 e. The van der Waals surface area contributed by atoms with E-state index in [2.05, 4.69) is 30.1 Å². The summed E-state index contributed by atoms with van der Waals surface area (Å²) in [5.74, 6) is 0.238. The van der Waals surface area contributed by atoms with Crippen LogP contribution in [0.3, 0.4) is 0 Å². The van der Waals surface area contributed by atoms with Gasteiger partial charge in [0.2, 0.25) is 5.65 Å². The molecule has 0 aliphatic carbocycles. The highest BCUT2D eigenvalue weighted by molar-refractivity contribution is 5.79. The van der Waals surface area contributed by atoms with E-state index in [1.807, 2.05) is 0 Å². The number of nitrogens with one attached hydrogen (secondary N) is 1. The number of halogens is 3. The average molecular weight is 417 g/mol. The van der Waals surface area contributed by atoms with E-state index in [1.54, 1.807) is 18.2 Å². The van der Waals surface area contributed by atoms with Crippen LogP contribution in [0.15, 0.2) is 42.6 Å². The number of H-pyrrole nitrogens is 1. The smallest absolute Gasteiger partial charge is 0.486 e. The fourth-order valence-corrected chi connectivity index (χ4v) is 2.74. The summed E-state index contributed by atoms with van der Waals surface area (Å²) in [5.41, 5.74) is 13.0. The monoisotopic (exact) mass is 417 g/mol. The molecule has 3 aromatic heterocycles. The van der Waals surface area contributed by atoms with Gasteiger partial charge in [-0.05, 0) is 23.8 Å². The maximum absolute atomic E-state index is 13.0. The molecule has 9 nitrogen and oxygen atoms in total. The summed E-state index contributed by atoms with van der Waals surface area (Å²) in [6, 6.07) is 8.95. The molecule has 5 N–H and O–H groups in total. The van der Waals surface area contributed by atoms with Crippen LogP contribution < -0.4 is 20.9 Å². The molecule has 0 atom stereocenters. The molecule has 0 saturated heterocycles. The molecule has 3 heterocycles. The van der Waals surface area contributed by atoms with Gasteiger partial charge in [-0.3, -0.25) is 0 Å². The molecule has 4 aromatic rings. The molecule has 4 rings (SSSR count). The van der Waals surface area contributed by atoms with Crippen molar-refractivity contribution in [2.24, 2.45) is 0 Å². The van der Waals surface area contributed by atoms with Crippen molar-refractivity contribution < 1.29 is 22.6 Å². The second-order valence-corrected chi connectivity index (χ2v) is 6.17. The number of nitrogens with two attached hydrogens (primary N) is 2. The average Bonchev–Trinajstić information content (AvgIpc) is 3.14. The van der Waals surface area contributed by atoms with Crippen molar-refractivity contribution in [3.63, 3.8) is 0 Å². The molecule has 0 unspecified atom stereocenters. The van der Waals surface area contributed by atoms with Crippen molar-refractivity contribution >= 4 is 22.8 Å². The van der Waals surface area contributed by atoms with Crippen LogP contribution in [0.4, 0.5) is 24.8 Å². The van der Waals surface area contributed by atoms with Crippen LogP contribution in [-0.4, -0.2) is 31.7 Å². The number of nitrogens with zero attached hydrogens (tertiary/aromatic N) is 4. The van der Waals surface area contributed by atoms with Gasteiger partial charge in [0, 0.05) is 23.4 Å². The van der Waals surface area contributed by atoms with Gasteiger partial charge in [0.15, 0.2) is 11.3 Å². The van der Waals surface area contributed by atoms with Crippen molar-refractivity contribution in [3.8, 4) is 22.6 Å². The molecule has 0 aliphatic rings. The Bertz CT molecular complexity index is 1190. The zero-order valence-corrected chi connectivity index (χ0v) is 15.1. The number of fused-ring (bicyclic) bond motifs is 1. The number of alkyl halides is 3. The van der Waals surface area contributed by atoms with Crippen LogP contribution in [0.25, 0.3) is 22.3 Å². The Hall–Kier alpha value is -4.09. The molecule has 0 bridgehead atoms. The molecule has 0 radical (unpaired) electrons. The molecular formula is C18H14F3N7O2. The zero-order valence-electron chi connectivity index (χ0n) is 15.1. The number of aromatic nitrogens is 5.